The molecule has 2 unspecified atom stereocenters. The Morgan fingerprint density at radius 3 is 2.75 bits per heavy atom. The van der Waals surface area contributed by atoms with Crippen LogP contribution in [-0.2, 0) is 16.1 Å². The number of nitrogens with zero attached hydrogens (tertiary/aromatic N) is 2. The number of carbonyl (C=O) groups is 1. The molecule has 3 rings (SSSR count). The first kappa shape index (κ1) is 17.4. The third-order valence-corrected chi connectivity index (χ3v) is 5.30. The second-order valence-corrected chi connectivity index (χ2v) is 7.72. The van der Waals surface area contributed by atoms with Gasteiger partial charge in [0.25, 0.3) is 5.91 Å². The van der Waals surface area contributed by atoms with Crippen LogP contribution in [0.1, 0.15) is 25.8 Å². The largest absolute Gasteiger partial charge is 0.366 e. The molecule has 0 spiro atoms. The molecule has 2 aliphatic heterocycles. The van der Waals surface area contributed by atoms with Gasteiger partial charge in [-0.1, -0.05) is 44.2 Å². The number of hydrogen-bond acceptors (Lipinski definition) is 4. The lowest BCUT2D eigenvalue weighted by Gasteiger charge is -2.44. The molecule has 1 amide bonds. The highest BCUT2D eigenvalue weighted by Crippen LogP contribution is 2.28. The molecular weight excluding hydrogens is 302 g/mol. The van der Waals surface area contributed by atoms with E-state index in [0.29, 0.717) is 19.7 Å². The molecule has 2 N–H and O–H groups in total. The van der Waals surface area contributed by atoms with E-state index in [0.717, 1.165) is 26.1 Å². The molecular formula is C19H29N3O2. The van der Waals surface area contributed by atoms with Gasteiger partial charge in [0.1, 0.15) is 6.10 Å². The number of amides is 1. The number of nitrogens with two attached hydrogens (primary N) is 1. The molecule has 2 atom stereocenters. The molecule has 24 heavy (non-hydrogen) atoms. The van der Waals surface area contributed by atoms with Crippen LogP contribution in [0.4, 0.5) is 0 Å². The lowest BCUT2D eigenvalue weighted by molar-refractivity contribution is -0.153. The zero-order chi connectivity index (χ0) is 17.2. The van der Waals surface area contributed by atoms with Crippen LogP contribution >= 0.6 is 0 Å². The summed E-state index contributed by atoms with van der Waals surface area (Å²) in [6.07, 6.45) is 0.506. The fourth-order valence-corrected chi connectivity index (χ4v) is 3.60. The summed E-state index contributed by atoms with van der Waals surface area (Å²) in [6.45, 7) is 8.74. The highest BCUT2D eigenvalue weighted by Gasteiger charge is 2.38. The fourth-order valence-electron chi connectivity index (χ4n) is 3.60. The second-order valence-electron chi connectivity index (χ2n) is 7.72. The predicted octanol–water partition coefficient (Wildman–Crippen LogP) is 1.47. The van der Waals surface area contributed by atoms with Crippen molar-refractivity contribution in [1.29, 1.82) is 0 Å². The SMILES string of the molecule is CC1(C)CN(C(=O)C2CN(Cc3ccccc3)CCO2)CCC1N. The molecule has 5 nitrogen and oxygen atoms in total. The van der Waals surface area contributed by atoms with Crippen molar-refractivity contribution in [3.05, 3.63) is 35.9 Å². The van der Waals surface area contributed by atoms with Gasteiger partial charge in [0.15, 0.2) is 0 Å². The number of likely N-dealkylation sites (tertiary alicyclic amines) is 1. The number of piperidine rings is 1. The molecule has 5 heteroatoms. The summed E-state index contributed by atoms with van der Waals surface area (Å²) in [5.41, 5.74) is 7.42. The van der Waals surface area contributed by atoms with Crippen LogP contribution in [0.15, 0.2) is 30.3 Å². The normalized spacial score (nSPS) is 27.9. The maximum atomic E-state index is 12.9. The Kier molecular flexibility index (Phi) is 5.23. The molecule has 0 bridgehead atoms. The van der Waals surface area contributed by atoms with Crippen molar-refractivity contribution in [2.75, 3.05) is 32.8 Å². The summed E-state index contributed by atoms with van der Waals surface area (Å²) < 4.78 is 5.79. The topological polar surface area (TPSA) is 58.8 Å². The first-order valence-electron chi connectivity index (χ1n) is 8.88. The van der Waals surface area contributed by atoms with Crippen LogP contribution < -0.4 is 5.73 Å². The highest BCUT2D eigenvalue weighted by atomic mass is 16.5. The summed E-state index contributed by atoms with van der Waals surface area (Å²) in [7, 11) is 0. The van der Waals surface area contributed by atoms with Crippen LogP contribution in [0.25, 0.3) is 0 Å². The molecule has 132 valence electrons. The standard InChI is InChI=1S/C19H29N3O2/c1-19(2)14-22(9-8-17(19)20)18(23)16-13-21(10-11-24-16)12-15-6-4-3-5-7-15/h3-7,16-17H,8-14,20H2,1-2H3. The van der Waals surface area contributed by atoms with E-state index < -0.39 is 0 Å². The van der Waals surface area contributed by atoms with Gasteiger partial charge in [0.2, 0.25) is 0 Å². The van der Waals surface area contributed by atoms with E-state index >= 15 is 0 Å². The lowest BCUT2D eigenvalue weighted by Crippen LogP contribution is -2.58. The summed E-state index contributed by atoms with van der Waals surface area (Å²) in [5, 5.41) is 0. The predicted molar refractivity (Wildman–Crippen MR) is 94.4 cm³/mol. The minimum atomic E-state index is -0.354. The number of benzene rings is 1. The Hall–Kier alpha value is -1.43. The monoisotopic (exact) mass is 331 g/mol. The van der Waals surface area contributed by atoms with E-state index in [-0.39, 0.29) is 23.5 Å². The van der Waals surface area contributed by atoms with Crippen molar-refractivity contribution in [2.45, 2.75) is 39.0 Å². The van der Waals surface area contributed by atoms with E-state index in [1.165, 1.54) is 5.56 Å². The van der Waals surface area contributed by atoms with Gasteiger partial charge in [-0.25, -0.2) is 0 Å². The molecule has 0 saturated carbocycles. The lowest BCUT2D eigenvalue weighted by atomic mass is 9.79. The van der Waals surface area contributed by atoms with Gasteiger partial charge in [0.05, 0.1) is 6.61 Å². The Balaban J connectivity index is 1.59. The smallest absolute Gasteiger partial charge is 0.253 e. The quantitative estimate of drug-likeness (QED) is 0.911. The van der Waals surface area contributed by atoms with Crippen molar-refractivity contribution in [3.63, 3.8) is 0 Å². The molecule has 0 aliphatic carbocycles. The maximum absolute atomic E-state index is 12.9. The second kappa shape index (κ2) is 7.21. The van der Waals surface area contributed by atoms with Crippen LogP contribution in [0, 0.1) is 5.41 Å². The molecule has 1 aromatic rings. The van der Waals surface area contributed by atoms with Gasteiger partial charge in [-0.3, -0.25) is 9.69 Å². The van der Waals surface area contributed by atoms with Gasteiger partial charge in [-0.2, -0.15) is 0 Å². The Morgan fingerprint density at radius 2 is 2.04 bits per heavy atom. The number of morpholine rings is 1. The van der Waals surface area contributed by atoms with Crippen molar-refractivity contribution < 1.29 is 9.53 Å². The van der Waals surface area contributed by atoms with Gasteiger partial charge >= 0.3 is 0 Å². The minimum Gasteiger partial charge on any atom is -0.366 e. The molecule has 2 saturated heterocycles. The third-order valence-electron chi connectivity index (χ3n) is 5.30. The molecule has 2 fully saturated rings. The number of carbonyl (C=O) groups excluding carboxylic acids is 1. The third kappa shape index (κ3) is 3.97. The minimum absolute atomic E-state index is 0.0354. The van der Waals surface area contributed by atoms with Crippen LogP contribution in [0.2, 0.25) is 0 Å². The van der Waals surface area contributed by atoms with E-state index in [9.17, 15) is 4.79 Å². The van der Waals surface area contributed by atoms with Crippen LogP contribution in [-0.4, -0.2) is 60.6 Å². The molecule has 2 heterocycles. The van der Waals surface area contributed by atoms with Gasteiger partial charge < -0.3 is 15.4 Å². The molecule has 0 radical (unpaired) electrons. The maximum Gasteiger partial charge on any atom is 0.253 e. The Labute approximate surface area is 144 Å². The molecule has 1 aromatic carbocycles. The summed E-state index contributed by atoms with van der Waals surface area (Å²) in [5.74, 6) is 0.118. The van der Waals surface area contributed by atoms with Gasteiger partial charge in [-0.05, 0) is 17.4 Å². The Morgan fingerprint density at radius 1 is 1.29 bits per heavy atom. The van der Waals surface area contributed by atoms with Crippen molar-refractivity contribution in [1.82, 2.24) is 9.80 Å². The first-order chi connectivity index (χ1) is 11.5. The summed E-state index contributed by atoms with van der Waals surface area (Å²) >= 11 is 0. The number of rotatable bonds is 3. The van der Waals surface area contributed by atoms with Crippen molar-refractivity contribution in [3.8, 4) is 0 Å². The Bertz CT molecular complexity index is 561. The van der Waals surface area contributed by atoms with Gasteiger partial charge in [-0.15, -0.1) is 0 Å². The van der Waals surface area contributed by atoms with Gasteiger partial charge in [0, 0.05) is 38.8 Å². The number of hydrogen-bond donors (Lipinski definition) is 1. The summed E-state index contributed by atoms with van der Waals surface area (Å²) in [6, 6.07) is 10.5. The van der Waals surface area contributed by atoms with E-state index in [1.807, 2.05) is 11.0 Å². The highest BCUT2D eigenvalue weighted by molar-refractivity contribution is 5.81. The van der Waals surface area contributed by atoms with Crippen LogP contribution in [0.5, 0.6) is 0 Å². The van der Waals surface area contributed by atoms with Crippen molar-refractivity contribution >= 4 is 5.91 Å². The van der Waals surface area contributed by atoms with E-state index in [1.54, 1.807) is 0 Å². The molecule has 0 aromatic heterocycles. The van der Waals surface area contributed by atoms with E-state index in [2.05, 4.69) is 43.0 Å². The van der Waals surface area contributed by atoms with Crippen molar-refractivity contribution in [2.24, 2.45) is 11.1 Å². The fraction of sp³-hybridized carbons (Fsp3) is 0.632. The number of ether oxygens (including phenoxy) is 1. The average Bonchev–Trinajstić information content (AvgIpc) is 2.58. The zero-order valence-electron chi connectivity index (χ0n) is 14.8. The zero-order valence-corrected chi connectivity index (χ0v) is 14.8. The average molecular weight is 331 g/mol. The van der Waals surface area contributed by atoms with E-state index in [4.69, 9.17) is 10.5 Å². The summed E-state index contributed by atoms with van der Waals surface area (Å²) in [4.78, 5) is 17.1. The molecule has 2 aliphatic rings. The van der Waals surface area contributed by atoms with Crippen LogP contribution in [0.3, 0.4) is 0 Å². The first-order valence-corrected chi connectivity index (χ1v) is 8.88.